The van der Waals surface area contributed by atoms with E-state index in [2.05, 4.69) is 11.4 Å². The summed E-state index contributed by atoms with van der Waals surface area (Å²) in [6.45, 7) is 4.80. The Kier molecular flexibility index (Phi) is 4.92. The van der Waals surface area contributed by atoms with Gasteiger partial charge in [0, 0.05) is 6.54 Å². The summed E-state index contributed by atoms with van der Waals surface area (Å²) < 4.78 is 23.1. The van der Waals surface area contributed by atoms with Crippen LogP contribution < -0.4 is 5.32 Å². The number of hydrogen-bond acceptors (Lipinski definition) is 4. The summed E-state index contributed by atoms with van der Waals surface area (Å²) in [5.74, 6) is 0.0616. The monoisotopic (exact) mass is 324 g/mol. The van der Waals surface area contributed by atoms with Gasteiger partial charge in [-0.2, -0.15) is 0 Å². The van der Waals surface area contributed by atoms with Crippen LogP contribution in [-0.2, 0) is 21.2 Å². The molecule has 0 spiro atoms. The van der Waals surface area contributed by atoms with Crippen LogP contribution in [0.15, 0.2) is 24.3 Å². The number of aryl methyl sites for hydroxylation is 1. The van der Waals surface area contributed by atoms with Crippen molar-refractivity contribution >= 4 is 15.7 Å². The Morgan fingerprint density at radius 3 is 2.64 bits per heavy atom. The van der Waals surface area contributed by atoms with Gasteiger partial charge in [0.05, 0.1) is 23.6 Å². The van der Waals surface area contributed by atoms with Gasteiger partial charge in [0.25, 0.3) is 0 Å². The molecule has 1 saturated heterocycles. The Hall–Kier alpha value is -1.40. The van der Waals surface area contributed by atoms with Crippen LogP contribution in [0.3, 0.4) is 0 Å². The molecule has 0 saturated carbocycles. The number of benzene rings is 1. The maximum atomic E-state index is 12.2. The SMILES string of the molecule is Cc1ccccc1CN(C)CC(=O)NC1(C)CCS(=O)(=O)C1. The number of likely N-dealkylation sites (N-methyl/N-ethyl adjacent to an activating group) is 1. The molecule has 0 bridgehead atoms. The summed E-state index contributed by atoms with van der Waals surface area (Å²) in [5.41, 5.74) is 1.76. The molecule has 1 amide bonds. The third kappa shape index (κ3) is 4.55. The number of hydrogen-bond donors (Lipinski definition) is 1. The summed E-state index contributed by atoms with van der Waals surface area (Å²) >= 11 is 0. The highest BCUT2D eigenvalue weighted by molar-refractivity contribution is 7.91. The summed E-state index contributed by atoms with van der Waals surface area (Å²) in [4.78, 5) is 14.1. The lowest BCUT2D eigenvalue weighted by atomic mass is 10.0. The Balaban J connectivity index is 1.88. The van der Waals surface area contributed by atoms with Crippen molar-refractivity contribution in [1.29, 1.82) is 0 Å². The van der Waals surface area contributed by atoms with Crippen LogP contribution in [-0.4, -0.2) is 49.9 Å². The smallest absolute Gasteiger partial charge is 0.234 e. The minimum Gasteiger partial charge on any atom is -0.349 e. The molecular formula is C16H24N2O3S. The zero-order valence-electron chi connectivity index (χ0n) is 13.4. The van der Waals surface area contributed by atoms with Crippen LogP contribution in [0.25, 0.3) is 0 Å². The van der Waals surface area contributed by atoms with E-state index in [9.17, 15) is 13.2 Å². The molecule has 1 unspecified atom stereocenters. The largest absolute Gasteiger partial charge is 0.349 e. The van der Waals surface area contributed by atoms with E-state index < -0.39 is 15.4 Å². The van der Waals surface area contributed by atoms with Crippen molar-refractivity contribution < 1.29 is 13.2 Å². The van der Waals surface area contributed by atoms with Gasteiger partial charge in [0.15, 0.2) is 9.84 Å². The summed E-state index contributed by atoms with van der Waals surface area (Å²) in [7, 11) is -1.12. The lowest BCUT2D eigenvalue weighted by Crippen LogP contribution is -2.49. The molecule has 1 atom stereocenters. The molecule has 1 aliphatic rings. The second-order valence-corrected chi connectivity index (χ2v) is 8.73. The molecule has 0 aliphatic carbocycles. The van der Waals surface area contributed by atoms with Crippen LogP contribution >= 0.6 is 0 Å². The van der Waals surface area contributed by atoms with Crippen LogP contribution in [0, 0.1) is 6.92 Å². The van der Waals surface area contributed by atoms with Crippen molar-refractivity contribution in [3.63, 3.8) is 0 Å². The number of sulfone groups is 1. The third-order valence-electron chi connectivity index (χ3n) is 4.06. The normalized spacial score (nSPS) is 23.6. The van der Waals surface area contributed by atoms with E-state index >= 15 is 0 Å². The first kappa shape index (κ1) is 17.0. The Morgan fingerprint density at radius 2 is 2.05 bits per heavy atom. The number of carbonyl (C=O) groups excluding carboxylic acids is 1. The molecule has 1 aromatic carbocycles. The molecule has 0 aromatic heterocycles. The van der Waals surface area contributed by atoms with Gasteiger partial charge in [-0.15, -0.1) is 0 Å². The molecule has 1 fully saturated rings. The zero-order chi connectivity index (χ0) is 16.4. The van der Waals surface area contributed by atoms with Crippen LogP contribution in [0.4, 0.5) is 0 Å². The van der Waals surface area contributed by atoms with Crippen molar-refractivity contribution in [2.24, 2.45) is 0 Å². The molecule has 5 nitrogen and oxygen atoms in total. The van der Waals surface area contributed by atoms with Crippen LogP contribution in [0.1, 0.15) is 24.5 Å². The Morgan fingerprint density at radius 1 is 1.36 bits per heavy atom. The highest BCUT2D eigenvalue weighted by atomic mass is 32.2. The standard InChI is InChI=1S/C16H24N2O3S/c1-13-6-4-5-7-14(13)10-18(3)11-15(19)17-16(2)8-9-22(20,21)12-16/h4-7H,8-12H2,1-3H3,(H,17,19). The predicted molar refractivity (Wildman–Crippen MR) is 87.3 cm³/mol. The fourth-order valence-corrected chi connectivity index (χ4v) is 4.96. The van der Waals surface area contributed by atoms with Crippen LogP contribution in [0.5, 0.6) is 0 Å². The molecular weight excluding hydrogens is 300 g/mol. The van der Waals surface area contributed by atoms with Gasteiger partial charge in [-0.3, -0.25) is 9.69 Å². The van der Waals surface area contributed by atoms with E-state index in [4.69, 9.17) is 0 Å². The molecule has 2 rings (SSSR count). The van der Waals surface area contributed by atoms with Crippen molar-refractivity contribution in [3.8, 4) is 0 Å². The fourth-order valence-electron chi connectivity index (χ4n) is 2.86. The summed E-state index contributed by atoms with van der Waals surface area (Å²) in [5, 5.41) is 2.88. The average molecular weight is 324 g/mol. The highest BCUT2D eigenvalue weighted by Gasteiger charge is 2.39. The van der Waals surface area contributed by atoms with Gasteiger partial charge < -0.3 is 5.32 Å². The molecule has 1 aromatic rings. The van der Waals surface area contributed by atoms with Gasteiger partial charge in [0.2, 0.25) is 5.91 Å². The quantitative estimate of drug-likeness (QED) is 0.881. The molecule has 1 N–H and O–H groups in total. The van der Waals surface area contributed by atoms with Gasteiger partial charge in [-0.1, -0.05) is 24.3 Å². The highest BCUT2D eigenvalue weighted by Crippen LogP contribution is 2.22. The topological polar surface area (TPSA) is 66.5 Å². The fraction of sp³-hybridized carbons (Fsp3) is 0.562. The van der Waals surface area contributed by atoms with E-state index in [-0.39, 0.29) is 24.0 Å². The number of amides is 1. The Bertz CT molecular complexity index is 657. The molecule has 22 heavy (non-hydrogen) atoms. The minimum absolute atomic E-state index is 0.0350. The molecule has 1 heterocycles. The Labute approximate surface area is 132 Å². The van der Waals surface area contributed by atoms with E-state index in [1.807, 2.05) is 37.1 Å². The number of nitrogens with zero attached hydrogens (tertiary/aromatic N) is 1. The van der Waals surface area contributed by atoms with Gasteiger partial charge >= 0.3 is 0 Å². The molecule has 0 radical (unpaired) electrons. The second kappa shape index (κ2) is 6.38. The van der Waals surface area contributed by atoms with E-state index in [0.717, 1.165) is 0 Å². The summed E-state index contributed by atoms with van der Waals surface area (Å²) in [6, 6.07) is 8.08. The zero-order valence-corrected chi connectivity index (χ0v) is 14.2. The van der Waals surface area contributed by atoms with Crippen molar-refractivity contribution in [1.82, 2.24) is 10.2 Å². The second-order valence-electron chi connectivity index (χ2n) is 6.55. The first-order chi connectivity index (χ1) is 10.2. The first-order valence-corrected chi connectivity index (χ1v) is 9.26. The van der Waals surface area contributed by atoms with Crippen molar-refractivity contribution in [2.45, 2.75) is 32.4 Å². The maximum Gasteiger partial charge on any atom is 0.234 e. The molecule has 122 valence electrons. The number of nitrogens with one attached hydrogen (secondary N) is 1. The lowest BCUT2D eigenvalue weighted by molar-refractivity contribution is -0.123. The van der Waals surface area contributed by atoms with E-state index in [1.165, 1.54) is 11.1 Å². The van der Waals surface area contributed by atoms with Gasteiger partial charge in [0.1, 0.15) is 0 Å². The van der Waals surface area contributed by atoms with Crippen LogP contribution in [0.2, 0.25) is 0 Å². The van der Waals surface area contributed by atoms with E-state index in [1.54, 1.807) is 6.92 Å². The van der Waals surface area contributed by atoms with E-state index in [0.29, 0.717) is 13.0 Å². The number of rotatable bonds is 5. The van der Waals surface area contributed by atoms with Gasteiger partial charge in [-0.25, -0.2) is 8.42 Å². The van der Waals surface area contributed by atoms with Crippen molar-refractivity contribution in [3.05, 3.63) is 35.4 Å². The average Bonchev–Trinajstić information content (AvgIpc) is 2.65. The molecule has 1 aliphatic heterocycles. The third-order valence-corrected chi connectivity index (χ3v) is 5.96. The maximum absolute atomic E-state index is 12.2. The van der Waals surface area contributed by atoms with Gasteiger partial charge in [-0.05, 0) is 38.4 Å². The number of carbonyl (C=O) groups is 1. The summed E-state index contributed by atoms with van der Waals surface area (Å²) in [6.07, 6.45) is 0.489. The predicted octanol–water partition coefficient (Wildman–Crippen LogP) is 1.12. The van der Waals surface area contributed by atoms with Crippen molar-refractivity contribution in [2.75, 3.05) is 25.1 Å². The first-order valence-electron chi connectivity index (χ1n) is 7.44. The lowest BCUT2D eigenvalue weighted by Gasteiger charge is -2.26. The minimum atomic E-state index is -3.01. The molecule has 6 heteroatoms.